The molecule has 1 amide bonds. The summed E-state index contributed by atoms with van der Waals surface area (Å²) >= 11 is 2.72. The average Bonchev–Trinajstić information content (AvgIpc) is 3.10. The minimum Gasteiger partial charge on any atom is -0.496 e. The van der Waals surface area contributed by atoms with Crippen LogP contribution in [0.15, 0.2) is 46.9 Å². The van der Waals surface area contributed by atoms with Crippen LogP contribution >= 0.6 is 23.1 Å². The number of rotatable bonds is 5. The maximum absolute atomic E-state index is 13.5. The van der Waals surface area contributed by atoms with E-state index in [0.29, 0.717) is 27.7 Å². The fraction of sp³-hybridized carbons (Fsp3) is 0.118. The first-order chi connectivity index (χ1) is 12.1. The summed E-state index contributed by atoms with van der Waals surface area (Å²) in [5, 5.41) is 5.68. The normalized spacial score (nSPS) is 10.5. The van der Waals surface area contributed by atoms with E-state index in [2.05, 4.69) is 15.3 Å². The summed E-state index contributed by atoms with van der Waals surface area (Å²) in [5.74, 6) is -0.135. The summed E-state index contributed by atoms with van der Waals surface area (Å²) in [6.45, 7) is 0. The highest BCUT2D eigenvalue weighted by Gasteiger charge is 2.14. The van der Waals surface area contributed by atoms with Crippen LogP contribution in [0, 0.1) is 5.82 Å². The highest BCUT2D eigenvalue weighted by Crippen LogP contribution is 2.32. The van der Waals surface area contributed by atoms with Crippen molar-refractivity contribution in [2.24, 2.45) is 0 Å². The molecule has 0 aliphatic heterocycles. The lowest BCUT2D eigenvalue weighted by Gasteiger charge is -2.06. The minimum absolute atomic E-state index is 0.273. The quantitative estimate of drug-likeness (QED) is 0.673. The molecule has 0 spiro atoms. The molecule has 128 valence electrons. The van der Waals surface area contributed by atoms with Crippen molar-refractivity contribution in [1.29, 1.82) is 0 Å². The van der Waals surface area contributed by atoms with E-state index in [4.69, 9.17) is 4.74 Å². The highest BCUT2D eigenvalue weighted by atomic mass is 32.2. The third kappa shape index (κ3) is 3.97. The van der Waals surface area contributed by atoms with Gasteiger partial charge in [-0.05, 0) is 36.6 Å². The number of thioether (sulfide) groups is 1. The van der Waals surface area contributed by atoms with Gasteiger partial charge in [-0.1, -0.05) is 0 Å². The first-order valence-corrected chi connectivity index (χ1v) is 9.32. The number of methoxy groups -OCH3 is 1. The maximum atomic E-state index is 13.5. The number of hydrogen-bond donors (Lipinski definition) is 1. The molecule has 3 rings (SSSR count). The monoisotopic (exact) mass is 375 g/mol. The molecule has 0 aliphatic rings. The molecule has 0 radical (unpaired) electrons. The standard InChI is InChI=1S/C17H14FN3O2S2/c1-23-14-4-3-11(18)8-12(14)13-9-25-17(20-13)21-16(22)10-5-6-19-15(7-10)24-2/h3-9H,1-2H3,(H,20,21,22). The molecule has 0 atom stereocenters. The van der Waals surface area contributed by atoms with Gasteiger partial charge in [-0.15, -0.1) is 23.1 Å². The first-order valence-electron chi connectivity index (χ1n) is 7.21. The van der Waals surface area contributed by atoms with Gasteiger partial charge in [-0.25, -0.2) is 14.4 Å². The molecule has 0 bridgehead atoms. The Balaban J connectivity index is 1.82. The summed E-state index contributed by atoms with van der Waals surface area (Å²) in [6, 6.07) is 7.57. The predicted octanol–water partition coefficient (Wildman–Crippen LogP) is 4.33. The Labute approximate surface area is 152 Å². The molecule has 3 aromatic rings. The number of carbonyl (C=O) groups is 1. The van der Waals surface area contributed by atoms with Gasteiger partial charge in [-0.3, -0.25) is 10.1 Å². The van der Waals surface area contributed by atoms with Gasteiger partial charge in [-0.2, -0.15) is 0 Å². The van der Waals surface area contributed by atoms with E-state index in [9.17, 15) is 9.18 Å². The van der Waals surface area contributed by atoms with Crippen LogP contribution in [-0.2, 0) is 0 Å². The van der Waals surface area contributed by atoms with Gasteiger partial charge < -0.3 is 4.74 Å². The average molecular weight is 375 g/mol. The van der Waals surface area contributed by atoms with E-state index in [1.54, 1.807) is 29.8 Å². The fourth-order valence-corrected chi connectivity index (χ4v) is 3.28. The Bertz CT molecular complexity index is 914. The second kappa shape index (κ2) is 7.62. The zero-order chi connectivity index (χ0) is 17.8. The van der Waals surface area contributed by atoms with Gasteiger partial charge in [0.1, 0.15) is 11.6 Å². The molecule has 2 aromatic heterocycles. The van der Waals surface area contributed by atoms with Crippen molar-refractivity contribution in [2.45, 2.75) is 5.03 Å². The second-order valence-corrected chi connectivity index (χ2v) is 6.61. The molecule has 5 nitrogen and oxygen atoms in total. The summed E-state index contributed by atoms with van der Waals surface area (Å²) in [7, 11) is 1.51. The van der Waals surface area contributed by atoms with Crippen molar-refractivity contribution >= 4 is 34.1 Å². The number of nitrogens with one attached hydrogen (secondary N) is 1. The van der Waals surface area contributed by atoms with Crippen molar-refractivity contribution < 1.29 is 13.9 Å². The Morgan fingerprint density at radius 3 is 2.92 bits per heavy atom. The zero-order valence-electron chi connectivity index (χ0n) is 13.4. The van der Waals surface area contributed by atoms with Crippen LogP contribution < -0.4 is 10.1 Å². The van der Waals surface area contributed by atoms with E-state index >= 15 is 0 Å². The van der Waals surface area contributed by atoms with Gasteiger partial charge in [0.2, 0.25) is 0 Å². The molecular weight excluding hydrogens is 361 g/mol. The smallest absolute Gasteiger partial charge is 0.257 e. The summed E-state index contributed by atoms with van der Waals surface area (Å²) in [4.78, 5) is 20.8. The number of halogens is 1. The molecule has 1 N–H and O–H groups in total. The van der Waals surface area contributed by atoms with E-state index in [1.807, 2.05) is 6.26 Å². The van der Waals surface area contributed by atoms with Crippen LogP contribution in [0.4, 0.5) is 9.52 Å². The van der Waals surface area contributed by atoms with Gasteiger partial charge in [0.25, 0.3) is 5.91 Å². The number of carbonyl (C=O) groups excluding carboxylic acids is 1. The molecule has 25 heavy (non-hydrogen) atoms. The van der Waals surface area contributed by atoms with Crippen LogP contribution in [0.2, 0.25) is 0 Å². The number of hydrogen-bond acceptors (Lipinski definition) is 6. The topological polar surface area (TPSA) is 64.1 Å². The van der Waals surface area contributed by atoms with Crippen molar-refractivity contribution in [3.63, 3.8) is 0 Å². The van der Waals surface area contributed by atoms with E-state index in [0.717, 1.165) is 5.03 Å². The number of thiazole rings is 1. The molecule has 8 heteroatoms. The van der Waals surface area contributed by atoms with E-state index < -0.39 is 0 Å². The van der Waals surface area contributed by atoms with Crippen LogP contribution in [0.5, 0.6) is 5.75 Å². The van der Waals surface area contributed by atoms with Crippen molar-refractivity contribution in [1.82, 2.24) is 9.97 Å². The number of amides is 1. The minimum atomic E-state index is -0.379. The SMILES string of the molecule is COc1ccc(F)cc1-c1csc(NC(=O)c2ccnc(SC)c2)n1. The van der Waals surface area contributed by atoms with Gasteiger partial charge in [0.05, 0.1) is 17.8 Å². The number of benzene rings is 1. The second-order valence-electron chi connectivity index (χ2n) is 4.92. The Morgan fingerprint density at radius 2 is 2.16 bits per heavy atom. The molecule has 0 fully saturated rings. The number of pyridine rings is 1. The fourth-order valence-electron chi connectivity index (χ4n) is 2.17. The number of ether oxygens (including phenoxy) is 1. The third-order valence-corrected chi connectivity index (χ3v) is 4.77. The van der Waals surface area contributed by atoms with Gasteiger partial charge in [0.15, 0.2) is 5.13 Å². The Kier molecular flexibility index (Phi) is 5.30. The zero-order valence-corrected chi connectivity index (χ0v) is 15.1. The van der Waals surface area contributed by atoms with Crippen LogP contribution in [-0.4, -0.2) is 29.2 Å². The molecule has 0 saturated heterocycles. The lowest BCUT2D eigenvalue weighted by Crippen LogP contribution is -2.11. The maximum Gasteiger partial charge on any atom is 0.257 e. The van der Waals surface area contributed by atoms with Crippen molar-refractivity contribution in [3.8, 4) is 17.0 Å². The summed E-state index contributed by atoms with van der Waals surface area (Å²) < 4.78 is 18.8. The van der Waals surface area contributed by atoms with Crippen LogP contribution in [0.25, 0.3) is 11.3 Å². The van der Waals surface area contributed by atoms with Crippen molar-refractivity contribution in [3.05, 3.63) is 53.3 Å². The summed E-state index contributed by atoms with van der Waals surface area (Å²) in [5.41, 5.74) is 1.57. The Hall–Kier alpha value is -2.45. The van der Waals surface area contributed by atoms with E-state index in [1.165, 1.54) is 42.3 Å². The van der Waals surface area contributed by atoms with Gasteiger partial charge in [0, 0.05) is 22.7 Å². The lowest BCUT2D eigenvalue weighted by atomic mass is 10.1. The highest BCUT2D eigenvalue weighted by molar-refractivity contribution is 7.98. The van der Waals surface area contributed by atoms with E-state index in [-0.39, 0.29) is 11.7 Å². The Morgan fingerprint density at radius 1 is 1.32 bits per heavy atom. The summed E-state index contributed by atoms with van der Waals surface area (Å²) in [6.07, 6.45) is 3.48. The molecule has 2 heterocycles. The molecular formula is C17H14FN3O2S2. The lowest BCUT2D eigenvalue weighted by molar-refractivity contribution is 0.102. The largest absolute Gasteiger partial charge is 0.496 e. The van der Waals surface area contributed by atoms with Crippen LogP contribution in [0.1, 0.15) is 10.4 Å². The number of aromatic nitrogens is 2. The molecule has 0 aliphatic carbocycles. The number of anilines is 1. The third-order valence-electron chi connectivity index (χ3n) is 3.37. The molecule has 0 saturated carbocycles. The molecule has 1 aromatic carbocycles. The molecule has 0 unspecified atom stereocenters. The first kappa shape index (κ1) is 17.4. The van der Waals surface area contributed by atoms with Crippen LogP contribution in [0.3, 0.4) is 0 Å². The predicted molar refractivity (Wildman–Crippen MR) is 98.0 cm³/mol. The van der Waals surface area contributed by atoms with Gasteiger partial charge >= 0.3 is 0 Å². The number of nitrogens with zero attached hydrogens (tertiary/aromatic N) is 2. The van der Waals surface area contributed by atoms with Crippen molar-refractivity contribution in [2.75, 3.05) is 18.7 Å².